The van der Waals surface area contributed by atoms with E-state index in [1.807, 2.05) is 6.07 Å². The lowest BCUT2D eigenvalue weighted by atomic mass is 10.2. The number of hydrogen-bond acceptors (Lipinski definition) is 3. The van der Waals surface area contributed by atoms with E-state index in [0.29, 0.717) is 34.9 Å². The molecule has 0 aromatic heterocycles. The Morgan fingerprint density at radius 2 is 1.87 bits per heavy atom. The number of carbonyl (C=O) groups excluding carboxylic acids is 1. The Morgan fingerprint density at radius 1 is 1.13 bits per heavy atom. The number of sulfonamides is 1. The molecule has 23 heavy (non-hydrogen) atoms. The van der Waals surface area contributed by atoms with Gasteiger partial charge in [0.1, 0.15) is 0 Å². The second-order valence-corrected chi connectivity index (χ2v) is 7.65. The molecule has 1 amide bonds. The summed E-state index contributed by atoms with van der Waals surface area (Å²) in [4.78, 5) is 12.2. The highest BCUT2D eigenvalue weighted by atomic mass is 35.5. The zero-order valence-corrected chi connectivity index (χ0v) is 13.8. The molecule has 5 nitrogen and oxygen atoms in total. The molecule has 0 spiro atoms. The molecule has 3 rings (SSSR count). The molecule has 0 bridgehead atoms. The number of benzene rings is 2. The van der Waals surface area contributed by atoms with Gasteiger partial charge in [-0.3, -0.25) is 9.10 Å². The van der Waals surface area contributed by atoms with Crippen LogP contribution in [0.1, 0.15) is 16.8 Å². The van der Waals surface area contributed by atoms with Gasteiger partial charge < -0.3 is 5.32 Å². The second-order valence-electron chi connectivity index (χ2n) is 5.23. The number of amides is 1. The average molecular weight is 351 g/mol. The zero-order chi connectivity index (χ0) is 16.4. The molecule has 1 N–H and O–H groups in total. The first-order valence-corrected chi connectivity index (χ1v) is 9.12. The van der Waals surface area contributed by atoms with Crippen molar-refractivity contribution in [2.24, 2.45) is 0 Å². The number of halogens is 1. The Kier molecular flexibility index (Phi) is 4.28. The molecule has 1 saturated heterocycles. The molecule has 0 atom stereocenters. The van der Waals surface area contributed by atoms with Crippen molar-refractivity contribution in [3.05, 3.63) is 59.1 Å². The third-order valence-electron chi connectivity index (χ3n) is 3.61. The van der Waals surface area contributed by atoms with Crippen LogP contribution in [0.25, 0.3) is 0 Å². The Bertz CT molecular complexity index is 838. The van der Waals surface area contributed by atoms with Crippen molar-refractivity contribution in [1.29, 1.82) is 0 Å². The van der Waals surface area contributed by atoms with Gasteiger partial charge in [-0.15, -0.1) is 0 Å². The fraction of sp³-hybridized carbons (Fsp3) is 0.188. The van der Waals surface area contributed by atoms with Crippen LogP contribution in [0.2, 0.25) is 5.02 Å². The van der Waals surface area contributed by atoms with Crippen molar-refractivity contribution in [2.75, 3.05) is 21.9 Å². The van der Waals surface area contributed by atoms with E-state index < -0.39 is 10.0 Å². The largest absolute Gasteiger partial charge is 0.322 e. The van der Waals surface area contributed by atoms with Crippen molar-refractivity contribution in [3.63, 3.8) is 0 Å². The topological polar surface area (TPSA) is 66.5 Å². The molecule has 0 unspecified atom stereocenters. The predicted molar refractivity (Wildman–Crippen MR) is 91.6 cm³/mol. The van der Waals surface area contributed by atoms with E-state index >= 15 is 0 Å². The summed E-state index contributed by atoms with van der Waals surface area (Å²) >= 11 is 6.14. The monoisotopic (exact) mass is 350 g/mol. The highest BCUT2D eigenvalue weighted by Gasteiger charge is 2.30. The Labute approximate surface area is 139 Å². The molecule has 1 heterocycles. The first kappa shape index (κ1) is 15.8. The van der Waals surface area contributed by atoms with Crippen LogP contribution in [0.3, 0.4) is 0 Å². The molecular formula is C16H15ClN2O3S. The van der Waals surface area contributed by atoms with Gasteiger partial charge in [-0.25, -0.2) is 8.42 Å². The van der Waals surface area contributed by atoms with Crippen LogP contribution in [-0.2, 0) is 10.0 Å². The average Bonchev–Trinajstić information content (AvgIpc) is 2.89. The summed E-state index contributed by atoms with van der Waals surface area (Å²) < 4.78 is 25.4. The molecule has 2 aromatic rings. The molecule has 1 fully saturated rings. The van der Waals surface area contributed by atoms with Gasteiger partial charge in [-0.1, -0.05) is 29.8 Å². The van der Waals surface area contributed by atoms with Crippen molar-refractivity contribution >= 4 is 38.9 Å². The number of carbonyl (C=O) groups is 1. The smallest absolute Gasteiger partial charge is 0.255 e. The van der Waals surface area contributed by atoms with Crippen LogP contribution in [0, 0.1) is 0 Å². The van der Waals surface area contributed by atoms with Gasteiger partial charge in [0.15, 0.2) is 0 Å². The number of anilines is 2. The van der Waals surface area contributed by atoms with Crippen molar-refractivity contribution in [3.8, 4) is 0 Å². The summed E-state index contributed by atoms with van der Waals surface area (Å²) in [6.45, 7) is 0.401. The maximum Gasteiger partial charge on any atom is 0.255 e. The van der Waals surface area contributed by atoms with Crippen molar-refractivity contribution in [2.45, 2.75) is 6.42 Å². The molecule has 120 valence electrons. The van der Waals surface area contributed by atoms with Crippen molar-refractivity contribution in [1.82, 2.24) is 0 Å². The molecule has 1 aliphatic rings. The van der Waals surface area contributed by atoms with E-state index in [0.717, 1.165) is 0 Å². The van der Waals surface area contributed by atoms with Crippen LogP contribution in [-0.4, -0.2) is 26.6 Å². The van der Waals surface area contributed by atoms with Gasteiger partial charge in [0, 0.05) is 17.8 Å². The standard InChI is InChI=1S/C16H15ClN2O3S/c17-14-8-7-13(18-16(20)12-5-2-1-3-6-12)11-15(14)19-9-4-10-23(19,21)22/h1-3,5-8,11H,4,9-10H2,(H,18,20). The molecular weight excluding hydrogens is 336 g/mol. The van der Waals surface area contributed by atoms with Crippen LogP contribution in [0.4, 0.5) is 11.4 Å². The zero-order valence-electron chi connectivity index (χ0n) is 12.2. The van der Waals surface area contributed by atoms with E-state index in [1.54, 1.807) is 42.5 Å². The quantitative estimate of drug-likeness (QED) is 0.924. The summed E-state index contributed by atoms with van der Waals surface area (Å²) in [7, 11) is -3.32. The minimum absolute atomic E-state index is 0.115. The van der Waals surface area contributed by atoms with E-state index in [-0.39, 0.29) is 11.7 Å². The molecule has 0 aliphatic carbocycles. The van der Waals surface area contributed by atoms with Crippen molar-refractivity contribution < 1.29 is 13.2 Å². The minimum Gasteiger partial charge on any atom is -0.322 e. The number of hydrogen-bond donors (Lipinski definition) is 1. The SMILES string of the molecule is O=C(Nc1ccc(Cl)c(N2CCCS2(=O)=O)c1)c1ccccc1. The van der Waals surface area contributed by atoms with E-state index in [2.05, 4.69) is 5.32 Å². The van der Waals surface area contributed by atoms with Crippen LogP contribution < -0.4 is 9.62 Å². The number of rotatable bonds is 3. The maximum atomic E-state index is 12.2. The fourth-order valence-corrected chi connectivity index (χ4v) is 4.33. The minimum atomic E-state index is -3.32. The van der Waals surface area contributed by atoms with Gasteiger partial charge in [-0.05, 0) is 36.8 Å². The highest BCUT2D eigenvalue weighted by molar-refractivity contribution is 7.93. The molecule has 0 radical (unpaired) electrons. The first-order valence-electron chi connectivity index (χ1n) is 7.14. The normalized spacial score (nSPS) is 16.3. The molecule has 7 heteroatoms. The van der Waals surface area contributed by atoms with Crippen LogP contribution in [0.5, 0.6) is 0 Å². The number of nitrogens with one attached hydrogen (secondary N) is 1. The van der Waals surface area contributed by atoms with Gasteiger partial charge in [0.05, 0.1) is 16.5 Å². The number of nitrogens with zero attached hydrogens (tertiary/aromatic N) is 1. The molecule has 2 aromatic carbocycles. The van der Waals surface area contributed by atoms with Crippen LogP contribution in [0.15, 0.2) is 48.5 Å². The summed E-state index contributed by atoms with van der Waals surface area (Å²) in [6.07, 6.45) is 0.569. The van der Waals surface area contributed by atoms with Gasteiger partial charge in [0.25, 0.3) is 5.91 Å². The Morgan fingerprint density at radius 3 is 2.52 bits per heavy atom. The van der Waals surface area contributed by atoms with Gasteiger partial charge in [-0.2, -0.15) is 0 Å². The first-order chi connectivity index (χ1) is 11.0. The van der Waals surface area contributed by atoms with Gasteiger partial charge >= 0.3 is 0 Å². The van der Waals surface area contributed by atoms with Crippen LogP contribution >= 0.6 is 11.6 Å². The molecule has 0 saturated carbocycles. The summed E-state index contributed by atoms with van der Waals surface area (Å²) in [5.74, 6) is -0.146. The van der Waals surface area contributed by atoms with E-state index in [1.165, 1.54) is 4.31 Å². The lowest BCUT2D eigenvalue weighted by Gasteiger charge is -2.19. The lowest BCUT2D eigenvalue weighted by Crippen LogP contribution is -2.25. The lowest BCUT2D eigenvalue weighted by molar-refractivity contribution is 0.102. The third-order valence-corrected chi connectivity index (χ3v) is 5.78. The maximum absolute atomic E-state index is 12.2. The Balaban J connectivity index is 1.88. The summed E-state index contributed by atoms with van der Waals surface area (Å²) in [5, 5.41) is 3.10. The third kappa shape index (κ3) is 3.33. The second kappa shape index (κ2) is 6.22. The highest BCUT2D eigenvalue weighted by Crippen LogP contribution is 2.33. The summed E-state index contributed by atoms with van der Waals surface area (Å²) in [5.41, 5.74) is 1.42. The van der Waals surface area contributed by atoms with E-state index in [9.17, 15) is 13.2 Å². The van der Waals surface area contributed by atoms with E-state index in [4.69, 9.17) is 11.6 Å². The molecule has 1 aliphatic heterocycles. The summed E-state index contributed by atoms with van der Waals surface area (Å²) in [6, 6.07) is 13.6. The predicted octanol–water partition coefficient (Wildman–Crippen LogP) is 3.13. The fourth-order valence-electron chi connectivity index (χ4n) is 2.48. The van der Waals surface area contributed by atoms with Gasteiger partial charge in [0.2, 0.25) is 10.0 Å². The Hall–Kier alpha value is -2.05.